The highest BCUT2D eigenvalue weighted by Gasteiger charge is 2.15. The Bertz CT molecular complexity index is 411. The molecule has 1 aromatic rings. The van der Waals surface area contributed by atoms with Crippen LogP contribution in [0.3, 0.4) is 0 Å². The normalized spacial score (nSPS) is 12.4. The molecule has 0 aliphatic heterocycles. The van der Waals surface area contributed by atoms with Gasteiger partial charge < -0.3 is 19.3 Å². The highest BCUT2D eigenvalue weighted by Crippen LogP contribution is 2.23. The second-order valence-corrected chi connectivity index (χ2v) is 3.60. The standard InChI is InChI=1S/C12H14F2O5/c1-17-6-10(18-7-11(15)16)8-3-2-4-9(5-8)19-12(13)14/h2-5,10,12H,6-7H2,1H3,(H,15,16). The Balaban J connectivity index is 2.79. The molecule has 1 N–H and O–H groups in total. The topological polar surface area (TPSA) is 65.0 Å². The van der Waals surface area contributed by atoms with Crippen molar-refractivity contribution in [3.8, 4) is 5.75 Å². The van der Waals surface area contributed by atoms with Gasteiger partial charge in [0.1, 0.15) is 18.5 Å². The zero-order valence-corrected chi connectivity index (χ0v) is 10.2. The molecule has 1 unspecified atom stereocenters. The summed E-state index contributed by atoms with van der Waals surface area (Å²) >= 11 is 0. The summed E-state index contributed by atoms with van der Waals surface area (Å²) in [6.07, 6.45) is -0.665. The molecule has 0 radical (unpaired) electrons. The molecule has 5 nitrogen and oxygen atoms in total. The highest BCUT2D eigenvalue weighted by atomic mass is 19.3. The zero-order valence-electron chi connectivity index (χ0n) is 10.2. The van der Waals surface area contributed by atoms with Gasteiger partial charge >= 0.3 is 12.6 Å². The maximum absolute atomic E-state index is 12.1. The Morgan fingerprint density at radius 2 is 2.16 bits per heavy atom. The van der Waals surface area contributed by atoms with Crippen LogP contribution in [-0.4, -0.2) is 38.0 Å². The lowest BCUT2D eigenvalue weighted by Gasteiger charge is -2.17. The van der Waals surface area contributed by atoms with Crippen LogP contribution in [0.5, 0.6) is 5.75 Å². The maximum atomic E-state index is 12.1. The molecule has 0 aromatic heterocycles. The molecule has 0 bridgehead atoms. The van der Waals surface area contributed by atoms with Crippen molar-refractivity contribution in [3.63, 3.8) is 0 Å². The van der Waals surface area contributed by atoms with Crippen LogP contribution in [0.4, 0.5) is 8.78 Å². The lowest BCUT2D eigenvalue weighted by atomic mass is 10.1. The SMILES string of the molecule is COCC(OCC(=O)O)c1cccc(OC(F)F)c1. The number of carboxylic acid groups (broad SMARTS) is 1. The van der Waals surface area contributed by atoms with Crippen LogP contribution >= 0.6 is 0 Å². The van der Waals surface area contributed by atoms with Crippen molar-refractivity contribution in [2.24, 2.45) is 0 Å². The van der Waals surface area contributed by atoms with Crippen molar-refractivity contribution < 1.29 is 32.9 Å². The van der Waals surface area contributed by atoms with Crippen LogP contribution in [0, 0.1) is 0 Å². The second-order valence-electron chi connectivity index (χ2n) is 3.60. The molecule has 106 valence electrons. The summed E-state index contributed by atoms with van der Waals surface area (Å²) in [7, 11) is 1.43. The van der Waals surface area contributed by atoms with Gasteiger partial charge in [-0.25, -0.2) is 4.79 Å². The third-order valence-corrected chi connectivity index (χ3v) is 2.18. The summed E-state index contributed by atoms with van der Waals surface area (Å²) in [5, 5.41) is 8.56. The molecule has 0 aliphatic rings. The first-order chi connectivity index (χ1) is 9.02. The summed E-state index contributed by atoms with van der Waals surface area (Å²) in [6.45, 7) is -3.32. The van der Waals surface area contributed by atoms with Gasteiger partial charge in [-0.05, 0) is 17.7 Å². The van der Waals surface area contributed by atoms with Gasteiger partial charge in [-0.3, -0.25) is 0 Å². The average Bonchev–Trinajstić information content (AvgIpc) is 2.33. The van der Waals surface area contributed by atoms with E-state index in [1.54, 1.807) is 6.07 Å². The van der Waals surface area contributed by atoms with E-state index in [1.807, 2.05) is 0 Å². The number of hydrogen-bond acceptors (Lipinski definition) is 4. The van der Waals surface area contributed by atoms with Crippen LogP contribution in [0.15, 0.2) is 24.3 Å². The van der Waals surface area contributed by atoms with Gasteiger partial charge in [0.05, 0.1) is 6.61 Å². The number of hydrogen-bond donors (Lipinski definition) is 1. The molecule has 0 saturated heterocycles. The highest BCUT2D eigenvalue weighted by molar-refractivity contribution is 5.68. The lowest BCUT2D eigenvalue weighted by Crippen LogP contribution is -2.16. The van der Waals surface area contributed by atoms with E-state index in [-0.39, 0.29) is 12.4 Å². The van der Waals surface area contributed by atoms with E-state index in [1.165, 1.54) is 25.3 Å². The molecular weight excluding hydrogens is 262 g/mol. The summed E-state index contributed by atoms with van der Waals surface area (Å²) in [5.41, 5.74) is 0.501. The van der Waals surface area contributed by atoms with Crippen molar-refractivity contribution in [2.45, 2.75) is 12.7 Å². The molecule has 0 heterocycles. The van der Waals surface area contributed by atoms with Crippen LogP contribution in [0.1, 0.15) is 11.7 Å². The van der Waals surface area contributed by atoms with Crippen LogP contribution < -0.4 is 4.74 Å². The van der Waals surface area contributed by atoms with E-state index >= 15 is 0 Å². The quantitative estimate of drug-likeness (QED) is 0.787. The van der Waals surface area contributed by atoms with Crippen molar-refractivity contribution in [3.05, 3.63) is 29.8 Å². The first-order valence-electron chi connectivity index (χ1n) is 5.40. The number of benzene rings is 1. The smallest absolute Gasteiger partial charge is 0.387 e. The van der Waals surface area contributed by atoms with Gasteiger partial charge in [0.15, 0.2) is 0 Å². The fourth-order valence-corrected chi connectivity index (χ4v) is 1.45. The molecule has 0 aliphatic carbocycles. The minimum atomic E-state index is -2.92. The van der Waals surface area contributed by atoms with E-state index in [2.05, 4.69) is 4.74 Å². The maximum Gasteiger partial charge on any atom is 0.387 e. The predicted octanol–water partition coefficient (Wildman–Crippen LogP) is 2.08. The summed E-state index contributed by atoms with van der Waals surface area (Å²) in [4.78, 5) is 10.5. The first-order valence-corrected chi connectivity index (χ1v) is 5.40. The Labute approximate surface area is 108 Å². The van der Waals surface area contributed by atoms with Gasteiger partial charge in [-0.2, -0.15) is 8.78 Å². The number of aliphatic carboxylic acids is 1. The van der Waals surface area contributed by atoms with Crippen molar-refractivity contribution in [1.82, 2.24) is 0 Å². The molecule has 0 amide bonds. The van der Waals surface area contributed by atoms with Gasteiger partial charge in [0.25, 0.3) is 0 Å². The second kappa shape index (κ2) is 7.65. The van der Waals surface area contributed by atoms with Crippen molar-refractivity contribution in [1.29, 1.82) is 0 Å². The Hall–Kier alpha value is -1.73. The molecule has 7 heteroatoms. The number of halogens is 2. The van der Waals surface area contributed by atoms with Gasteiger partial charge in [0.2, 0.25) is 0 Å². The first kappa shape index (κ1) is 15.3. The van der Waals surface area contributed by atoms with E-state index < -0.39 is 25.3 Å². The molecule has 1 atom stereocenters. The molecule has 0 spiro atoms. The molecular formula is C12H14F2O5. The predicted molar refractivity (Wildman–Crippen MR) is 61.3 cm³/mol. The average molecular weight is 276 g/mol. The minimum absolute atomic E-state index is 0.0208. The largest absolute Gasteiger partial charge is 0.480 e. The number of rotatable bonds is 8. The number of ether oxygens (including phenoxy) is 3. The fraction of sp³-hybridized carbons (Fsp3) is 0.417. The fourth-order valence-electron chi connectivity index (χ4n) is 1.45. The molecule has 0 saturated carbocycles. The molecule has 0 fully saturated rings. The lowest BCUT2D eigenvalue weighted by molar-refractivity contribution is -0.145. The van der Waals surface area contributed by atoms with Gasteiger partial charge in [0, 0.05) is 7.11 Å². The van der Waals surface area contributed by atoms with Gasteiger partial charge in [-0.1, -0.05) is 12.1 Å². The zero-order chi connectivity index (χ0) is 14.3. The summed E-state index contributed by atoms with van der Waals surface area (Å²) in [6, 6.07) is 5.86. The summed E-state index contributed by atoms with van der Waals surface area (Å²) in [5.74, 6) is -1.14. The summed E-state index contributed by atoms with van der Waals surface area (Å²) < 4.78 is 38.5. The third kappa shape index (κ3) is 5.62. The van der Waals surface area contributed by atoms with E-state index in [9.17, 15) is 13.6 Å². The van der Waals surface area contributed by atoms with Crippen LogP contribution in [0.2, 0.25) is 0 Å². The Morgan fingerprint density at radius 3 is 2.74 bits per heavy atom. The van der Waals surface area contributed by atoms with Crippen LogP contribution in [-0.2, 0) is 14.3 Å². The number of alkyl halides is 2. The third-order valence-electron chi connectivity index (χ3n) is 2.18. The Kier molecular flexibility index (Phi) is 6.17. The van der Waals surface area contributed by atoms with Crippen LogP contribution in [0.25, 0.3) is 0 Å². The van der Waals surface area contributed by atoms with Gasteiger partial charge in [-0.15, -0.1) is 0 Å². The number of methoxy groups -OCH3 is 1. The van der Waals surface area contributed by atoms with E-state index in [0.717, 1.165) is 0 Å². The van der Waals surface area contributed by atoms with Crippen molar-refractivity contribution >= 4 is 5.97 Å². The molecule has 1 rings (SSSR count). The van der Waals surface area contributed by atoms with Crippen molar-refractivity contribution in [2.75, 3.05) is 20.3 Å². The monoisotopic (exact) mass is 276 g/mol. The number of carbonyl (C=O) groups is 1. The molecule has 19 heavy (non-hydrogen) atoms. The Morgan fingerprint density at radius 1 is 1.42 bits per heavy atom. The minimum Gasteiger partial charge on any atom is -0.480 e. The number of carboxylic acids is 1. The van der Waals surface area contributed by atoms with E-state index in [0.29, 0.717) is 5.56 Å². The van der Waals surface area contributed by atoms with E-state index in [4.69, 9.17) is 14.6 Å². The molecule has 1 aromatic carbocycles.